The second-order valence-corrected chi connectivity index (χ2v) is 12.4. The van der Waals surface area contributed by atoms with Gasteiger partial charge in [-0.05, 0) is 49.9 Å². The van der Waals surface area contributed by atoms with E-state index < -0.39 is 21.7 Å². The number of aromatic nitrogens is 3. The summed E-state index contributed by atoms with van der Waals surface area (Å²) in [6.07, 6.45) is 5.99. The Balaban J connectivity index is 1.45. The molecule has 4 heterocycles. The lowest BCUT2D eigenvalue weighted by molar-refractivity contribution is 0.0115. The van der Waals surface area contributed by atoms with Gasteiger partial charge in [-0.2, -0.15) is 5.10 Å². The number of piperidine rings is 1. The predicted octanol–water partition coefficient (Wildman–Crippen LogP) is 2.82. The smallest absolute Gasteiger partial charge is 0.283 e. The molecule has 0 radical (unpaired) electrons. The Morgan fingerprint density at radius 1 is 1.08 bits per heavy atom. The summed E-state index contributed by atoms with van der Waals surface area (Å²) in [6.45, 7) is 4.95. The fourth-order valence-corrected chi connectivity index (χ4v) is 6.32. The van der Waals surface area contributed by atoms with Crippen LogP contribution in [0.25, 0.3) is 16.7 Å². The number of hydrogen-bond acceptors (Lipinski definition) is 8. The van der Waals surface area contributed by atoms with Crippen LogP contribution in [0.3, 0.4) is 0 Å². The van der Waals surface area contributed by atoms with Crippen molar-refractivity contribution >= 4 is 32.7 Å². The van der Waals surface area contributed by atoms with Crippen LogP contribution >= 0.6 is 0 Å². The molecule has 10 nitrogen and oxygen atoms in total. The average Bonchev–Trinajstić information content (AvgIpc) is 3.26. The van der Waals surface area contributed by atoms with Crippen LogP contribution in [0.5, 0.6) is 0 Å². The predicted molar refractivity (Wildman–Crippen MR) is 145 cm³/mol. The molecular weight excluding hydrogens is 523 g/mol. The van der Waals surface area contributed by atoms with Crippen molar-refractivity contribution in [2.24, 2.45) is 0 Å². The van der Waals surface area contributed by atoms with Crippen LogP contribution in [0, 0.1) is 5.82 Å². The van der Waals surface area contributed by atoms with Crippen LogP contribution in [0.1, 0.15) is 54.2 Å². The lowest BCUT2D eigenvalue weighted by atomic mass is 9.82. The van der Waals surface area contributed by atoms with Crippen molar-refractivity contribution in [1.82, 2.24) is 24.4 Å². The highest BCUT2D eigenvalue weighted by Gasteiger charge is 2.33. The van der Waals surface area contributed by atoms with E-state index in [2.05, 4.69) is 14.8 Å². The highest BCUT2D eigenvalue weighted by Crippen LogP contribution is 2.43. The molecule has 1 aromatic carbocycles. The van der Waals surface area contributed by atoms with Crippen molar-refractivity contribution in [3.8, 4) is 5.69 Å². The number of anilines is 1. The number of ether oxygens (including phenoxy) is 1. The number of benzene rings is 1. The highest BCUT2D eigenvalue weighted by molar-refractivity contribution is 7.89. The van der Waals surface area contributed by atoms with Gasteiger partial charge < -0.3 is 9.64 Å². The number of pyridine rings is 1. The second kappa shape index (κ2) is 10.5. The largest absolute Gasteiger partial charge is 0.379 e. The van der Waals surface area contributed by atoms with Gasteiger partial charge in [0.05, 0.1) is 41.9 Å². The minimum atomic E-state index is -3.79. The maximum atomic E-state index is 14.2. The number of halogens is 1. The van der Waals surface area contributed by atoms with E-state index in [0.717, 1.165) is 94.5 Å². The molecule has 0 spiro atoms. The van der Waals surface area contributed by atoms with Gasteiger partial charge in [0.2, 0.25) is 10.0 Å². The number of fused-ring (bicyclic) bond motifs is 1. The minimum Gasteiger partial charge on any atom is -0.379 e. The van der Waals surface area contributed by atoms with E-state index in [4.69, 9.17) is 9.84 Å². The van der Waals surface area contributed by atoms with E-state index in [0.29, 0.717) is 17.4 Å². The molecule has 6 rings (SSSR count). The molecule has 0 atom stereocenters. The van der Waals surface area contributed by atoms with Crippen molar-refractivity contribution in [2.75, 3.05) is 50.5 Å². The Morgan fingerprint density at radius 2 is 1.82 bits per heavy atom. The van der Waals surface area contributed by atoms with Gasteiger partial charge in [-0.25, -0.2) is 27.2 Å². The zero-order valence-corrected chi connectivity index (χ0v) is 22.8. The Morgan fingerprint density at radius 3 is 2.46 bits per heavy atom. The normalized spacial score (nSPS) is 19.8. The fraction of sp³-hybridized carbons (Fsp3) is 0.519. The molecule has 2 aromatic heterocycles. The van der Waals surface area contributed by atoms with Crippen LogP contribution in [0.2, 0.25) is 0 Å². The molecule has 1 saturated carbocycles. The number of rotatable bonds is 6. The number of carbonyl (C=O) groups excluding carboxylic acids is 1. The van der Waals surface area contributed by atoms with E-state index in [1.165, 1.54) is 12.1 Å². The van der Waals surface area contributed by atoms with Gasteiger partial charge in [-0.1, -0.05) is 12.5 Å². The molecule has 0 bridgehead atoms. The van der Waals surface area contributed by atoms with Gasteiger partial charge >= 0.3 is 0 Å². The first-order valence-corrected chi connectivity index (χ1v) is 15.4. The van der Waals surface area contributed by atoms with Crippen LogP contribution in [-0.2, 0) is 14.8 Å². The number of morpholine rings is 1. The summed E-state index contributed by atoms with van der Waals surface area (Å²) < 4.78 is 47.1. The molecule has 3 aromatic rings. The average molecular weight is 557 g/mol. The summed E-state index contributed by atoms with van der Waals surface area (Å²) in [4.78, 5) is 22.4. The van der Waals surface area contributed by atoms with Gasteiger partial charge in [-0.3, -0.25) is 9.69 Å². The van der Waals surface area contributed by atoms with Crippen molar-refractivity contribution < 1.29 is 22.3 Å². The molecule has 2 saturated heterocycles. The molecule has 1 amide bonds. The lowest BCUT2D eigenvalue weighted by Crippen LogP contribution is -2.49. The quantitative estimate of drug-likeness (QED) is 0.494. The first kappa shape index (κ1) is 26.1. The number of amides is 1. The fourth-order valence-electron chi connectivity index (χ4n) is 5.88. The van der Waals surface area contributed by atoms with Gasteiger partial charge in [0.25, 0.3) is 5.91 Å². The van der Waals surface area contributed by atoms with Crippen LogP contribution < -0.4 is 9.62 Å². The number of sulfonamides is 1. The maximum Gasteiger partial charge on any atom is 0.283 e. The number of hydrogen-bond donors (Lipinski definition) is 1. The summed E-state index contributed by atoms with van der Waals surface area (Å²) in [5.41, 5.74) is 2.62. The summed E-state index contributed by atoms with van der Waals surface area (Å²) in [7, 11) is -3.79. The summed E-state index contributed by atoms with van der Waals surface area (Å²) in [5.74, 6) is -0.955. The first-order chi connectivity index (χ1) is 18.8. The minimum absolute atomic E-state index is 0.0176. The third-order valence-corrected chi connectivity index (χ3v) is 8.62. The Kier molecular flexibility index (Phi) is 7.02. The van der Waals surface area contributed by atoms with E-state index in [-0.39, 0.29) is 11.6 Å². The topological polar surface area (TPSA) is 110 Å². The summed E-state index contributed by atoms with van der Waals surface area (Å²) in [6, 6.07) is 8.27. The molecule has 3 aliphatic rings. The molecule has 39 heavy (non-hydrogen) atoms. The molecule has 208 valence electrons. The zero-order chi connectivity index (χ0) is 27.1. The Bertz CT molecular complexity index is 1490. The first-order valence-electron chi connectivity index (χ1n) is 13.6. The third-order valence-electron chi connectivity index (χ3n) is 8.07. The number of nitrogens with zero attached hydrogens (tertiary/aromatic N) is 5. The maximum absolute atomic E-state index is 14.2. The van der Waals surface area contributed by atoms with E-state index >= 15 is 0 Å². The molecule has 2 aliphatic heterocycles. The van der Waals surface area contributed by atoms with Crippen molar-refractivity contribution in [1.29, 1.82) is 0 Å². The zero-order valence-electron chi connectivity index (χ0n) is 22.0. The summed E-state index contributed by atoms with van der Waals surface area (Å²) >= 11 is 0. The SMILES string of the molecule is CS(=O)(=O)NC(=O)c1cc(N2CCC(N3CCOCC3)CC2)c2c(C3CCC3)nn(-c3cccc(F)c3)c2n1. The van der Waals surface area contributed by atoms with Gasteiger partial charge in [0, 0.05) is 38.1 Å². The summed E-state index contributed by atoms with van der Waals surface area (Å²) in [5, 5.41) is 5.78. The Hall–Kier alpha value is -3.09. The van der Waals surface area contributed by atoms with Gasteiger partial charge in [0.15, 0.2) is 5.65 Å². The van der Waals surface area contributed by atoms with Crippen molar-refractivity contribution in [3.63, 3.8) is 0 Å². The number of carbonyl (C=O) groups is 1. The van der Waals surface area contributed by atoms with E-state index in [9.17, 15) is 17.6 Å². The third kappa shape index (κ3) is 5.37. The lowest BCUT2D eigenvalue weighted by Gasteiger charge is -2.41. The standard InChI is InChI=1S/C27H33FN6O4S/c1-39(36,37)31-27(35)22-17-23(33-10-8-20(9-11-33)32-12-14-38-15-13-32)24-25(18-4-2-5-18)30-34(26(24)29-22)21-7-3-6-19(28)16-21/h3,6-7,16-18,20H,2,4-5,8-15H2,1H3,(H,31,35). The van der Waals surface area contributed by atoms with Crippen molar-refractivity contribution in [3.05, 3.63) is 47.5 Å². The number of nitrogens with one attached hydrogen (secondary N) is 1. The van der Waals surface area contributed by atoms with E-state index in [1.54, 1.807) is 22.9 Å². The molecule has 3 fully saturated rings. The van der Waals surface area contributed by atoms with Crippen LogP contribution in [0.15, 0.2) is 30.3 Å². The monoisotopic (exact) mass is 556 g/mol. The van der Waals surface area contributed by atoms with E-state index in [1.807, 2.05) is 4.72 Å². The Labute approximate surface area is 227 Å². The van der Waals surface area contributed by atoms with Gasteiger partial charge in [-0.15, -0.1) is 0 Å². The molecule has 1 aliphatic carbocycles. The highest BCUT2D eigenvalue weighted by atomic mass is 32.2. The second-order valence-electron chi connectivity index (χ2n) is 10.7. The molecular formula is C27H33FN6O4S. The molecule has 1 N–H and O–H groups in total. The van der Waals surface area contributed by atoms with Gasteiger partial charge in [0.1, 0.15) is 11.5 Å². The van der Waals surface area contributed by atoms with Crippen molar-refractivity contribution in [2.45, 2.75) is 44.1 Å². The molecule has 0 unspecified atom stereocenters. The van der Waals surface area contributed by atoms with Crippen LogP contribution in [-0.4, -0.2) is 85.7 Å². The van der Waals surface area contributed by atoms with Crippen LogP contribution in [0.4, 0.5) is 10.1 Å². The molecule has 12 heteroatoms.